The van der Waals surface area contributed by atoms with Crippen LogP contribution in [-0.4, -0.2) is 72.3 Å². The van der Waals surface area contributed by atoms with Gasteiger partial charge in [0.1, 0.15) is 0 Å². The molecule has 0 radical (unpaired) electrons. The van der Waals surface area contributed by atoms with Crippen molar-refractivity contribution in [1.82, 2.24) is 14.7 Å². The van der Waals surface area contributed by atoms with E-state index >= 15 is 0 Å². The summed E-state index contributed by atoms with van der Waals surface area (Å²) in [5.41, 5.74) is 3.12. The van der Waals surface area contributed by atoms with Gasteiger partial charge in [0.25, 0.3) is 0 Å². The first-order valence-corrected chi connectivity index (χ1v) is 10.5. The molecule has 2 aromatic rings. The maximum Gasteiger partial charge on any atom is 0.239 e. The number of amides is 2. The van der Waals surface area contributed by atoms with E-state index in [1.165, 1.54) is 5.56 Å². The fraction of sp³-hybridized carbons (Fsp3) is 0.417. The van der Waals surface area contributed by atoms with Gasteiger partial charge in [-0.05, 0) is 31.5 Å². The van der Waals surface area contributed by atoms with E-state index in [0.29, 0.717) is 13.1 Å². The van der Waals surface area contributed by atoms with E-state index in [-0.39, 0.29) is 17.9 Å². The first-order valence-electron chi connectivity index (χ1n) is 10.5. The average Bonchev–Trinajstić information content (AvgIpc) is 2.75. The standard InChI is InChI=1S/C24H32N4O2/c1-19-9-11-22(12-10-19)25-23(29)18-27-13-15-28(16-14-27)20(2)24(30)26(3)17-21-7-5-4-6-8-21/h4-12,20H,13-18H2,1-3H3,(H,25,29)/t20-/m0/s1. The lowest BCUT2D eigenvalue weighted by atomic mass is 10.1. The normalized spacial score (nSPS) is 16.1. The second-order valence-electron chi connectivity index (χ2n) is 8.08. The molecule has 6 heteroatoms. The topological polar surface area (TPSA) is 55.9 Å². The van der Waals surface area contributed by atoms with Crippen LogP contribution in [0.5, 0.6) is 0 Å². The van der Waals surface area contributed by atoms with Gasteiger partial charge in [-0.2, -0.15) is 0 Å². The number of likely N-dealkylation sites (N-methyl/N-ethyl adjacent to an activating group) is 1. The summed E-state index contributed by atoms with van der Waals surface area (Å²) in [6.07, 6.45) is 0. The number of nitrogens with zero attached hydrogens (tertiary/aromatic N) is 3. The number of anilines is 1. The lowest BCUT2D eigenvalue weighted by molar-refractivity contribution is -0.136. The van der Waals surface area contributed by atoms with Crippen molar-refractivity contribution in [1.29, 1.82) is 0 Å². The van der Waals surface area contributed by atoms with E-state index in [0.717, 1.165) is 37.4 Å². The highest BCUT2D eigenvalue weighted by atomic mass is 16.2. The molecule has 3 rings (SSSR count). The monoisotopic (exact) mass is 408 g/mol. The van der Waals surface area contributed by atoms with Gasteiger partial charge in [-0.3, -0.25) is 19.4 Å². The number of aryl methyl sites for hydroxylation is 1. The number of piperazine rings is 1. The van der Waals surface area contributed by atoms with Gasteiger partial charge in [0.15, 0.2) is 0 Å². The predicted octanol–water partition coefficient (Wildman–Crippen LogP) is 2.60. The van der Waals surface area contributed by atoms with Crippen LogP contribution in [0.15, 0.2) is 54.6 Å². The van der Waals surface area contributed by atoms with Gasteiger partial charge in [0.05, 0.1) is 12.6 Å². The lowest BCUT2D eigenvalue weighted by Crippen LogP contribution is -2.54. The maximum absolute atomic E-state index is 12.8. The maximum atomic E-state index is 12.8. The van der Waals surface area contributed by atoms with Gasteiger partial charge in [-0.25, -0.2) is 0 Å². The number of rotatable bonds is 7. The SMILES string of the molecule is Cc1ccc(NC(=O)CN2CCN([C@@H](C)C(=O)N(C)Cc3ccccc3)CC2)cc1. The zero-order chi connectivity index (χ0) is 21.5. The van der Waals surface area contributed by atoms with Crippen molar-refractivity contribution in [3.63, 3.8) is 0 Å². The third kappa shape index (κ3) is 6.15. The number of hydrogen-bond acceptors (Lipinski definition) is 4. The van der Waals surface area contributed by atoms with E-state index < -0.39 is 0 Å². The van der Waals surface area contributed by atoms with Gasteiger partial charge < -0.3 is 10.2 Å². The number of benzene rings is 2. The molecule has 0 aromatic heterocycles. The van der Waals surface area contributed by atoms with Crippen LogP contribution in [0, 0.1) is 6.92 Å². The summed E-state index contributed by atoms with van der Waals surface area (Å²) in [6, 6.07) is 17.7. The van der Waals surface area contributed by atoms with Gasteiger partial charge in [-0.1, -0.05) is 48.0 Å². The molecule has 2 amide bonds. The summed E-state index contributed by atoms with van der Waals surface area (Å²) >= 11 is 0. The number of hydrogen-bond donors (Lipinski definition) is 1. The van der Waals surface area contributed by atoms with Crippen LogP contribution in [0.1, 0.15) is 18.1 Å². The Labute approximate surface area is 179 Å². The van der Waals surface area contributed by atoms with Crippen molar-refractivity contribution in [3.05, 3.63) is 65.7 Å². The Morgan fingerprint density at radius 3 is 2.27 bits per heavy atom. The third-order valence-corrected chi connectivity index (χ3v) is 5.65. The molecule has 1 fully saturated rings. The van der Waals surface area contributed by atoms with Crippen molar-refractivity contribution in [3.8, 4) is 0 Å². The zero-order valence-corrected chi connectivity index (χ0v) is 18.2. The summed E-state index contributed by atoms with van der Waals surface area (Å²) in [6.45, 7) is 8.11. The second-order valence-corrected chi connectivity index (χ2v) is 8.08. The Morgan fingerprint density at radius 2 is 1.63 bits per heavy atom. The molecule has 160 valence electrons. The average molecular weight is 409 g/mol. The van der Waals surface area contributed by atoms with E-state index in [4.69, 9.17) is 0 Å². The van der Waals surface area contributed by atoms with Crippen LogP contribution >= 0.6 is 0 Å². The fourth-order valence-electron chi connectivity index (χ4n) is 3.76. The molecular formula is C24H32N4O2. The molecule has 0 aliphatic carbocycles. The molecule has 2 aromatic carbocycles. The van der Waals surface area contributed by atoms with E-state index in [2.05, 4.69) is 15.1 Å². The van der Waals surface area contributed by atoms with Crippen LogP contribution < -0.4 is 5.32 Å². The predicted molar refractivity (Wildman–Crippen MR) is 120 cm³/mol. The molecule has 6 nitrogen and oxygen atoms in total. The molecule has 1 aliphatic rings. The van der Waals surface area contributed by atoms with Crippen LogP contribution in [0.3, 0.4) is 0 Å². The van der Waals surface area contributed by atoms with Gasteiger partial charge in [-0.15, -0.1) is 0 Å². The first-order chi connectivity index (χ1) is 14.4. The molecule has 0 saturated carbocycles. The Hall–Kier alpha value is -2.70. The third-order valence-electron chi connectivity index (χ3n) is 5.65. The molecule has 1 atom stereocenters. The Kier molecular flexibility index (Phi) is 7.60. The van der Waals surface area contributed by atoms with Crippen LogP contribution in [0.25, 0.3) is 0 Å². The molecule has 0 spiro atoms. The Balaban J connectivity index is 1.43. The van der Waals surface area contributed by atoms with E-state index in [1.807, 2.05) is 75.5 Å². The molecule has 30 heavy (non-hydrogen) atoms. The summed E-state index contributed by atoms with van der Waals surface area (Å²) < 4.78 is 0. The molecule has 0 unspecified atom stereocenters. The van der Waals surface area contributed by atoms with E-state index in [1.54, 1.807) is 4.90 Å². The summed E-state index contributed by atoms with van der Waals surface area (Å²) in [5, 5.41) is 2.95. The van der Waals surface area contributed by atoms with Crippen molar-refractivity contribution >= 4 is 17.5 Å². The van der Waals surface area contributed by atoms with Gasteiger partial charge in [0, 0.05) is 45.5 Å². The zero-order valence-electron chi connectivity index (χ0n) is 18.2. The van der Waals surface area contributed by atoms with Crippen LogP contribution in [0.4, 0.5) is 5.69 Å². The van der Waals surface area contributed by atoms with Gasteiger partial charge >= 0.3 is 0 Å². The number of carbonyl (C=O) groups excluding carboxylic acids is 2. The van der Waals surface area contributed by atoms with Crippen LogP contribution in [-0.2, 0) is 16.1 Å². The summed E-state index contributed by atoms with van der Waals surface area (Å²) in [5.74, 6) is 0.128. The summed E-state index contributed by atoms with van der Waals surface area (Å²) in [4.78, 5) is 31.3. The molecule has 1 aliphatic heterocycles. The smallest absolute Gasteiger partial charge is 0.239 e. The minimum atomic E-state index is -0.165. The minimum Gasteiger partial charge on any atom is -0.340 e. The molecule has 1 saturated heterocycles. The number of carbonyl (C=O) groups is 2. The Bertz CT molecular complexity index is 830. The number of nitrogens with one attached hydrogen (secondary N) is 1. The van der Waals surface area contributed by atoms with Gasteiger partial charge in [0.2, 0.25) is 11.8 Å². The Morgan fingerprint density at radius 1 is 1.00 bits per heavy atom. The highest BCUT2D eigenvalue weighted by Gasteiger charge is 2.28. The summed E-state index contributed by atoms with van der Waals surface area (Å²) in [7, 11) is 1.86. The fourth-order valence-corrected chi connectivity index (χ4v) is 3.76. The van der Waals surface area contributed by atoms with Crippen molar-refractivity contribution in [2.24, 2.45) is 0 Å². The minimum absolute atomic E-state index is 0.000905. The quantitative estimate of drug-likeness (QED) is 0.765. The highest BCUT2D eigenvalue weighted by molar-refractivity contribution is 5.92. The molecule has 1 N–H and O–H groups in total. The first kappa shape index (κ1) is 22.0. The molecular weight excluding hydrogens is 376 g/mol. The molecule has 0 bridgehead atoms. The van der Waals surface area contributed by atoms with Crippen molar-refractivity contribution in [2.75, 3.05) is 45.1 Å². The lowest BCUT2D eigenvalue weighted by Gasteiger charge is -2.38. The van der Waals surface area contributed by atoms with Crippen molar-refractivity contribution in [2.45, 2.75) is 26.4 Å². The second kappa shape index (κ2) is 10.4. The largest absolute Gasteiger partial charge is 0.340 e. The van der Waals surface area contributed by atoms with Crippen molar-refractivity contribution < 1.29 is 9.59 Å². The van der Waals surface area contributed by atoms with Crippen LogP contribution in [0.2, 0.25) is 0 Å². The molecule has 1 heterocycles. The highest BCUT2D eigenvalue weighted by Crippen LogP contribution is 2.12. The van der Waals surface area contributed by atoms with E-state index in [9.17, 15) is 9.59 Å².